The predicted molar refractivity (Wildman–Crippen MR) is 106 cm³/mol. The molecule has 1 nitrogen and oxygen atoms in total. The van der Waals surface area contributed by atoms with Gasteiger partial charge >= 0.3 is 0 Å². The number of hydrogen-bond donors (Lipinski definition) is 0. The number of rotatable bonds is 7. The highest BCUT2D eigenvalue weighted by atomic mass is 16.5. The van der Waals surface area contributed by atoms with Crippen molar-refractivity contribution in [2.24, 2.45) is 0 Å². The van der Waals surface area contributed by atoms with Gasteiger partial charge in [-0.2, -0.15) is 0 Å². The van der Waals surface area contributed by atoms with E-state index in [1.165, 1.54) is 47.1 Å². The molecule has 1 aliphatic carbocycles. The minimum absolute atomic E-state index is 0.492. The Morgan fingerprint density at radius 1 is 1.25 bits per heavy atom. The van der Waals surface area contributed by atoms with E-state index in [9.17, 15) is 0 Å². The van der Waals surface area contributed by atoms with Gasteiger partial charge in [0, 0.05) is 0 Å². The molecule has 128 valence electrons. The molecule has 1 aromatic rings. The summed E-state index contributed by atoms with van der Waals surface area (Å²) in [6, 6.07) is 6.66. The Morgan fingerprint density at radius 3 is 2.50 bits per heavy atom. The molecule has 0 amide bonds. The van der Waals surface area contributed by atoms with Crippen LogP contribution in [-0.2, 0) is 4.74 Å². The number of allylic oxidation sites excluding steroid dienone is 6. The first-order valence-electron chi connectivity index (χ1n) is 8.94. The van der Waals surface area contributed by atoms with Gasteiger partial charge in [0.2, 0.25) is 0 Å². The Hall–Kier alpha value is -1.86. The van der Waals surface area contributed by atoms with E-state index >= 15 is 0 Å². The molecule has 1 aromatic carbocycles. The molecule has 0 atom stereocenters. The highest BCUT2D eigenvalue weighted by molar-refractivity contribution is 5.82. The zero-order valence-corrected chi connectivity index (χ0v) is 15.6. The van der Waals surface area contributed by atoms with Crippen LogP contribution in [0, 0.1) is 6.92 Å². The quantitative estimate of drug-likeness (QED) is 0.520. The van der Waals surface area contributed by atoms with Crippen LogP contribution in [-0.4, -0.2) is 12.7 Å². The molecule has 0 spiro atoms. The van der Waals surface area contributed by atoms with Gasteiger partial charge in [-0.1, -0.05) is 54.7 Å². The van der Waals surface area contributed by atoms with E-state index in [1.54, 1.807) is 0 Å². The molecular weight excluding hydrogens is 292 g/mol. The molecular formula is C23H30O. The van der Waals surface area contributed by atoms with Crippen LogP contribution in [0.2, 0.25) is 0 Å². The third kappa shape index (κ3) is 4.58. The minimum Gasteiger partial charge on any atom is -0.374 e. The molecule has 0 radical (unpaired) electrons. The van der Waals surface area contributed by atoms with E-state index in [0.717, 1.165) is 5.57 Å². The summed E-state index contributed by atoms with van der Waals surface area (Å²) in [7, 11) is 0. The van der Waals surface area contributed by atoms with Gasteiger partial charge in [0.1, 0.15) is 0 Å². The third-order valence-corrected chi connectivity index (χ3v) is 4.69. The van der Waals surface area contributed by atoms with Crippen LogP contribution in [0.4, 0.5) is 0 Å². The lowest BCUT2D eigenvalue weighted by Gasteiger charge is -2.24. The van der Waals surface area contributed by atoms with E-state index in [-0.39, 0.29) is 0 Å². The molecule has 0 aliphatic heterocycles. The second-order valence-corrected chi connectivity index (χ2v) is 6.55. The van der Waals surface area contributed by atoms with Crippen molar-refractivity contribution >= 4 is 11.1 Å². The highest BCUT2D eigenvalue weighted by Gasteiger charge is 2.16. The zero-order valence-electron chi connectivity index (χ0n) is 15.6. The molecule has 1 aliphatic rings. The lowest BCUT2D eigenvalue weighted by Crippen LogP contribution is -2.21. The van der Waals surface area contributed by atoms with Gasteiger partial charge in [0.05, 0.1) is 12.7 Å². The lowest BCUT2D eigenvalue weighted by molar-refractivity contribution is 0.0188. The van der Waals surface area contributed by atoms with Crippen LogP contribution < -0.4 is 0 Å². The first-order valence-corrected chi connectivity index (χ1v) is 8.94. The van der Waals surface area contributed by atoms with Crippen LogP contribution in [0.1, 0.15) is 56.7 Å². The zero-order chi connectivity index (χ0) is 17.5. The van der Waals surface area contributed by atoms with Gasteiger partial charge in [-0.05, 0) is 74.8 Å². The van der Waals surface area contributed by atoms with E-state index in [1.807, 2.05) is 0 Å². The Kier molecular flexibility index (Phi) is 6.81. The molecule has 1 fully saturated rings. The predicted octanol–water partition coefficient (Wildman–Crippen LogP) is 6.50. The fourth-order valence-corrected chi connectivity index (χ4v) is 3.04. The molecule has 24 heavy (non-hydrogen) atoms. The summed E-state index contributed by atoms with van der Waals surface area (Å²) in [5, 5.41) is 0. The summed E-state index contributed by atoms with van der Waals surface area (Å²) in [4.78, 5) is 0. The molecule has 2 rings (SSSR count). The molecule has 0 heterocycles. The van der Waals surface area contributed by atoms with Crippen molar-refractivity contribution in [3.63, 3.8) is 0 Å². The van der Waals surface area contributed by atoms with E-state index in [0.29, 0.717) is 12.7 Å². The summed E-state index contributed by atoms with van der Waals surface area (Å²) in [6.07, 6.45) is 12.8. The third-order valence-electron chi connectivity index (χ3n) is 4.69. The first-order chi connectivity index (χ1) is 11.6. The second-order valence-electron chi connectivity index (χ2n) is 6.55. The first kappa shape index (κ1) is 18.5. The largest absolute Gasteiger partial charge is 0.374 e. The fourth-order valence-electron chi connectivity index (χ4n) is 3.04. The summed E-state index contributed by atoms with van der Waals surface area (Å²) in [5.74, 6) is 0. The van der Waals surface area contributed by atoms with Crippen molar-refractivity contribution in [2.45, 2.75) is 53.1 Å². The van der Waals surface area contributed by atoms with Crippen LogP contribution >= 0.6 is 0 Å². The average Bonchev–Trinajstić information content (AvgIpc) is 2.51. The maximum absolute atomic E-state index is 5.79. The van der Waals surface area contributed by atoms with Gasteiger partial charge in [-0.25, -0.2) is 0 Å². The van der Waals surface area contributed by atoms with E-state index in [4.69, 9.17) is 4.74 Å². The number of ether oxygens (including phenoxy) is 1. The van der Waals surface area contributed by atoms with Gasteiger partial charge < -0.3 is 4.74 Å². The molecule has 0 saturated heterocycles. The van der Waals surface area contributed by atoms with Crippen molar-refractivity contribution in [2.75, 3.05) is 6.61 Å². The maximum Gasteiger partial charge on any atom is 0.0654 e. The van der Waals surface area contributed by atoms with Crippen LogP contribution in [0.5, 0.6) is 0 Å². The Bertz CT molecular complexity index is 669. The molecule has 1 heteroatoms. The summed E-state index contributed by atoms with van der Waals surface area (Å²) in [5.41, 5.74) is 7.36. The Balaban J connectivity index is 2.10. The minimum atomic E-state index is 0.492. The average molecular weight is 322 g/mol. The Labute approximate surface area is 147 Å². The van der Waals surface area contributed by atoms with Gasteiger partial charge in [0.25, 0.3) is 0 Å². The van der Waals surface area contributed by atoms with E-state index < -0.39 is 0 Å². The van der Waals surface area contributed by atoms with Gasteiger partial charge in [-0.3, -0.25) is 0 Å². The summed E-state index contributed by atoms with van der Waals surface area (Å²) >= 11 is 0. The van der Waals surface area contributed by atoms with Crippen LogP contribution in [0.25, 0.3) is 11.1 Å². The molecule has 0 bridgehead atoms. The summed E-state index contributed by atoms with van der Waals surface area (Å²) in [6.45, 7) is 13.2. The fraction of sp³-hybridized carbons (Fsp3) is 0.391. The normalized spacial score (nSPS) is 16.5. The maximum atomic E-state index is 5.79. The molecule has 0 aromatic heterocycles. The van der Waals surface area contributed by atoms with E-state index in [2.05, 4.69) is 76.8 Å². The van der Waals surface area contributed by atoms with Gasteiger partial charge in [0.15, 0.2) is 0 Å². The molecule has 1 saturated carbocycles. The summed E-state index contributed by atoms with van der Waals surface area (Å²) < 4.78 is 5.79. The van der Waals surface area contributed by atoms with Crippen molar-refractivity contribution in [3.8, 4) is 0 Å². The number of benzene rings is 1. The van der Waals surface area contributed by atoms with Gasteiger partial charge in [-0.15, -0.1) is 0 Å². The number of hydrogen-bond acceptors (Lipinski definition) is 1. The monoisotopic (exact) mass is 322 g/mol. The van der Waals surface area contributed by atoms with Crippen molar-refractivity contribution < 1.29 is 4.74 Å². The SMILES string of the molecule is C=C(C)/C(=C\C)c1ccc(C(/C=C\COC2CCC2)=C/C)cc1C. The van der Waals surface area contributed by atoms with Crippen molar-refractivity contribution in [1.29, 1.82) is 0 Å². The van der Waals surface area contributed by atoms with Crippen LogP contribution in [0.15, 0.2) is 54.7 Å². The topological polar surface area (TPSA) is 9.23 Å². The molecule has 0 unspecified atom stereocenters. The van der Waals surface area contributed by atoms with Crippen molar-refractivity contribution in [1.82, 2.24) is 0 Å². The smallest absolute Gasteiger partial charge is 0.0654 e. The Morgan fingerprint density at radius 2 is 2.00 bits per heavy atom. The highest BCUT2D eigenvalue weighted by Crippen LogP contribution is 2.28. The van der Waals surface area contributed by atoms with Crippen molar-refractivity contribution in [3.05, 3.63) is 71.3 Å². The second kappa shape index (κ2) is 8.84. The standard InChI is InChI=1S/C23H30O/c1-6-19(10-9-15-24-21-11-8-12-21)20-13-14-23(18(5)16-20)22(7-2)17(3)4/h6-7,9-10,13-14,16,21H,3,8,11-12,15H2,1-2,4-5H3/b10-9-,19-6+,22-7+. The number of aryl methyl sites for hydroxylation is 1. The van der Waals surface area contributed by atoms with Crippen LogP contribution in [0.3, 0.4) is 0 Å². The lowest BCUT2D eigenvalue weighted by atomic mass is 9.92. The molecule has 0 N–H and O–H groups in total.